The fourth-order valence-corrected chi connectivity index (χ4v) is 2.55. The number of nitrogens with one attached hydrogen (secondary N) is 1. The molecule has 126 valence electrons. The van der Waals surface area contributed by atoms with Gasteiger partial charge in [-0.15, -0.1) is 0 Å². The van der Waals surface area contributed by atoms with Gasteiger partial charge in [-0.2, -0.15) is 0 Å². The normalized spacial score (nSPS) is 11.9. The van der Waals surface area contributed by atoms with E-state index in [2.05, 4.69) is 5.32 Å². The quantitative estimate of drug-likeness (QED) is 0.648. The zero-order valence-electron chi connectivity index (χ0n) is 13.4. The lowest BCUT2D eigenvalue weighted by molar-refractivity contribution is -0.138. The van der Waals surface area contributed by atoms with Crippen molar-refractivity contribution in [3.8, 4) is 0 Å². The van der Waals surface area contributed by atoms with E-state index in [0.717, 1.165) is 11.1 Å². The maximum absolute atomic E-state index is 12.7. The van der Waals surface area contributed by atoms with Crippen LogP contribution in [0.15, 0.2) is 60.7 Å². The van der Waals surface area contributed by atoms with Crippen LogP contribution in [-0.2, 0) is 9.59 Å². The summed E-state index contributed by atoms with van der Waals surface area (Å²) in [5.74, 6) is -1.51. The van der Waals surface area contributed by atoms with Crippen LogP contribution in [0.4, 0.5) is 0 Å². The van der Waals surface area contributed by atoms with E-state index in [0.29, 0.717) is 19.4 Å². The van der Waals surface area contributed by atoms with Gasteiger partial charge in [0.05, 0.1) is 5.92 Å². The Labute approximate surface area is 141 Å². The van der Waals surface area contributed by atoms with E-state index in [9.17, 15) is 9.59 Å². The van der Waals surface area contributed by atoms with Crippen LogP contribution in [-0.4, -0.2) is 29.6 Å². The Morgan fingerprint density at radius 1 is 0.958 bits per heavy atom. The number of carboxylic acid groups (broad SMARTS) is 1. The van der Waals surface area contributed by atoms with E-state index in [1.54, 1.807) is 0 Å². The maximum atomic E-state index is 12.7. The average Bonchev–Trinajstić information content (AvgIpc) is 2.60. The molecule has 0 radical (unpaired) electrons. The molecule has 1 amide bonds. The molecule has 0 heterocycles. The number of carbonyl (C=O) groups is 2. The van der Waals surface area contributed by atoms with Crippen molar-refractivity contribution >= 4 is 11.9 Å². The van der Waals surface area contributed by atoms with Gasteiger partial charge in [-0.05, 0) is 24.0 Å². The molecule has 2 aromatic carbocycles. The molecule has 0 bridgehead atoms. The highest BCUT2D eigenvalue weighted by Crippen LogP contribution is 2.24. The molecule has 0 saturated carbocycles. The Balaban J connectivity index is 2.02. The SMILES string of the molecule is N[C@H](CCCNC(=O)C(c1ccccc1)c1ccccc1)C(=O)O. The Morgan fingerprint density at radius 2 is 1.46 bits per heavy atom. The van der Waals surface area contributed by atoms with E-state index in [-0.39, 0.29) is 11.8 Å². The molecule has 0 aliphatic heterocycles. The number of amides is 1. The van der Waals surface area contributed by atoms with E-state index in [1.807, 2.05) is 60.7 Å². The zero-order chi connectivity index (χ0) is 17.4. The summed E-state index contributed by atoms with van der Waals surface area (Å²) in [5, 5.41) is 11.7. The predicted molar refractivity (Wildman–Crippen MR) is 92.6 cm³/mol. The van der Waals surface area contributed by atoms with Gasteiger partial charge < -0.3 is 16.2 Å². The summed E-state index contributed by atoms with van der Waals surface area (Å²) in [5.41, 5.74) is 7.30. The summed E-state index contributed by atoms with van der Waals surface area (Å²) in [6.45, 7) is 0.399. The number of carbonyl (C=O) groups excluding carboxylic acids is 1. The van der Waals surface area contributed by atoms with Crippen molar-refractivity contribution in [2.75, 3.05) is 6.54 Å². The van der Waals surface area contributed by atoms with Gasteiger partial charge in [-0.25, -0.2) is 0 Å². The summed E-state index contributed by atoms with van der Waals surface area (Å²) < 4.78 is 0. The van der Waals surface area contributed by atoms with Crippen LogP contribution >= 0.6 is 0 Å². The smallest absolute Gasteiger partial charge is 0.320 e. The molecule has 0 saturated heterocycles. The molecule has 5 nitrogen and oxygen atoms in total. The minimum absolute atomic E-state index is 0.101. The van der Waals surface area contributed by atoms with Gasteiger partial charge in [0.1, 0.15) is 6.04 Å². The van der Waals surface area contributed by atoms with Gasteiger partial charge >= 0.3 is 5.97 Å². The van der Waals surface area contributed by atoms with E-state index < -0.39 is 12.0 Å². The van der Waals surface area contributed by atoms with Gasteiger partial charge in [-0.3, -0.25) is 9.59 Å². The summed E-state index contributed by atoms with van der Waals surface area (Å²) in [6, 6.07) is 18.3. The first kappa shape index (κ1) is 17.7. The molecule has 5 heteroatoms. The predicted octanol–water partition coefficient (Wildman–Crippen LogP) is 2.13. The standard InChI is InChI=1S/C19H22N2O3/c20-16(19(23)24)12-7-13-21-18(22)17(14-8-3-1-4-9-14)15-10-5-2-6-11-15/h1-6,8-11,16-17H,7,12-13,20H2,(H,21,22)(H,23,24)/t16-/m1/s1. The van der Waals surface area contributed by atoms with Crippen LogP contribution in [0.3, 0.4) is 0 Å². The molecule has 0 aromatic heterocycles. The summed E-state index contributed by atoms with van der Waals surface area (Å²) in [6.07, 6.45) is 0.854. The third-order valence-electron chi connectivity index (χ3n) is 3.84. The molecule has 0 fully saturated rings. The monoisotopic (exact) mass is 326 g/mol. The van der Waals surface area contributed by atoms with Crippen molar-refractivity contribution in [2.45, 2.75) is 24.8 Å². The second-order valence-corrected chi connectivity index (χ2v) is 5.63. The third-order valence-corrected chi connectivity index (χ3v) is 3.84. The molecule has 2 aromatic rings. The summed E-state index contributed by atoms with van der Waals surface area (Å²) in [4.78, 5) is 23.4. The van der Waals surface area contributed by atoms with Crippen LogP contribution in [0.25, 0.3) is 0 Å². The lowest BCUT2D eigenvalue weighted by atomic mass is 9.90. The Hall–Kier alpha value is -2.66. The first-order chi connectivity index (χ1) is 11.6. The summed E-state index contributed by atoms with van der Waals surface area (Å²) >= 11 is 0. The highest BCUT2D eigenvalue weighted by molar-refractivity contribution is 5.87. The summed E-state index contributed by atoms with van der Waals surface area (Å²) in [7, 11) is 0. The van der Waals surface area contributed by atoms with Crippen molar-refractivity contribution in [3.63, 3.8) is 0 Å². The van der Waals surface area contributed by atoms with Gasteiger partial charge in [-0.1, -0.05) is 60.7 Å². The van der Waals surface area contributed by atoms with Gasteiger partial charge in [0.25, 0.3) is 0 Å². The zero-order valence-corrected chi connectivity index (χ0v) is 13.4. The van der Waals surface area contributed by atoms with Crippen LogP contribution in [0.2, 0.25) is 0 Å². The molecule has 24 heavy (non-hydrogen) atoms. The minimum atomic E-state index is -1.02. The van der Waals surface area contributed by atoms with Crippen molar-refractivity contribution in [3.05, 3.63) is 71.8 Å². The van der Waals surface area contributed by atoms with Crippen LogP contribution < -0.4 is 11.1 Å². The molecule has 0 aliphatic carbocycles. The first-order valence-electron chi connectivity index (χ1n) is 7.95. The first-order valence-corrected chi connectivity index (χ1v) is 7.95. The number of carboxylic acids is 1. The fraction of sp³-hybridized carbons (Fsp3) is 0.263. The molecular weight excluding hydrogens is 304 g/mol. The number of hydrogen-bond acceptors (Lipinski definition) is 3. The molecule has 0 spiro atoms. The van der Waals surface area contributed by atoms with Crippen molar-refractivity contribution < 1.29 is 14.7 Å². The van der Waals surface area contributed by atoms with E-state index in [1.165, 1.54) is 0 Å². The molecule has 0 aliphatic rings. The van der Waals surface area contributed by atoms with Crippen molar-refractivity contribution in [1.29, 1.82) is 0 Å². The molecular formula is C19H22N2O3. The molecule has 0 unspecified atom stereocenters. The van der Waals surface area contributed by atoms with Crippen molar-refractivity contribution in [1.82, 2.24) is 5.32 Å². The van der Waals surface area contributed by atoms with E-state index in [4.69, 9.17) is 10.8 Å². The third kappa shape index (κ3) is 4.93. The highest BCUT2D eigenvalue weighted by Gasteiger charge is 2.22. The molecule has 4 N–H and O–H groups in total. The maximum Gasteiger partial charge on any atom is 0.320 e. The lowest BCUT2D eigenvalue weighted by Crippen LogP contribution is -2.34. The molecule has 2 rings (SSSR count). The second kappa shape index (κ2) is 8.84. The topological polar surface area (TPSA) is 92.4 Å². The van der Waals surface area contributed by atoms with Crippen LogP contribution in [0, 0.1) is 0 Å². The van der Waals surface area contributed by atoms with Crippen LogP contribution in [0.1, 0.15) is 29.9 Å². The van der Waals surface area contributed by atoms with E-state index >= 15 is 0 Å². The van der Waals surface area contributed by atoms with Crippen molar-refractivity contribution in [2.24, 2.45) is 5.73 Å². The largest absolute Gasteiger partial charge is 0.480 e. The molecule has 1 atom stereocenters. The number of nitrogens with two attached hydrogens (primary N) is 1. The van der Waals surface area contributed by atoms with Gasteiger partial charge in [0.15, 0.2) is 0 Å². The fourth-order valence-electron chi connectivity index (χ4n) is 2.55. The Kier molecular flexibility index (Phi) is 6.51. The lowest BCUT2D eigenvalue weighted by Gasteiger charge is -2.18. The van der Waals surface area contributed by atoms with Crippen LogP contribution in [0.5, 0.6) is 0 Å². The minimum Gasteiger partial charge on any atom is -0.480 e. The van der Waals surface area contributed by atoms with Gasteiger partial charge in [0, 0.05) is 6.54 Å². The Bertz CT molecular complexity index is 619. The average molecular weight is 326 g/mol. The number of aliphatic carboxylic acids is 1. The van der Waals surface area contributed by atoms with Gasteiger partial charge in [0.2, 0.25) is 5.91 Å². The Morgan fingerprint density at radius 3 is 1.92 bits per heavy atom. The number of hydrogen-bond donors (Lipinski definition) is 3. The second-order valence-electron chi connectivity index (χ2n) is 5.63. The number of benzene rings is 2. The number of rotatable bonds is 8. The highest BCUT2D eigenvalue weighted by atomic mass is 16.4.